The number of carbonyl (C=O) groups is 2. The summed E-state index contributed by atoms with van der Waals surface area (Å²) in [4.78, 5) is 31.4. The standard InChI is InChI=1S/C22H20Cl2N2O2S/c1-14-5-8-16(9-6-14)29-20-19(25-11-3-2-4-12-25)21(27)26(22(20)28)18-10-7-15(23)13-17(18)24/h5-10,13H,2-4,11-12H2,1H3. The topological polar surface area (TPSA) is 40.6 Å². The van der Waals surface area contributed by atoms with Crippen molar-refractivity contribution < 1.29 is 9.59 Å². The zero-order chi connectivity index (χ0) is 20.5. The molecule has 0 radical (unpaired) electrons. The van der Waals surface area contributed by atoms with Crippen LogP contribution < -0.4 is 4.90 Å². The van der Waals surface area contributed by atoms with Crippen molar-refractivity contribution in [2.45, 2.75) is 31.1 Å². The number of likely N-dealkylation sites (tertiary alicyclic amines) is 1. The van der Waals surface area contributed by atoms with E-state index < -0.39 is 0 Å². The molecule has 7 heteroatoms. The Morgan fingerprint density at radius 3 is 2.24 bits per heavy atom. The first-order chi connectivity index (χ1) is 14.0. The Balaban J connectivity index is 1.75. The molecule has 0 N–H and O–H groups in total. The van der Waals surface area contributed by atoms with E-state index >= 15 is 0 Å². The van der Waals surface area contributed by atoms with E-state index in [1.165, 1.54) is 16.7 Å². The molecule has 2 aliphatic rings. The number of thioether (sulfide) groups is 1. The first-order valence-corrected chi connectivity index (χ1v) is 11.1. The fourth-order valence-corrected chi connectivity index (χ4v) is 5.08. The van der Waals surface area contributed by atoms with Crippen LogP contribution in [0.5, 0.6) is 0 Å². The van der Waals surface area contributed by atoms with Crippen molar-refractivity contribution in [2.24, 2.45) is 0 Å². The van der Waals surface area contributed by atoms with Crippen molar-refractivity contribution in [1.82, 2.24) is 4.90 Å². The number of benzene rings is 2. The summed E-state index contributed by atoms with van der Waals surface area (Å²) >= 11 is 13.7. The van der Waals surface area contributed by atoms with Crippen molar-refractivity contribution >= 4 is 52.5 Å². The maximum atomic E-state index is 13.4. The zero-order valence-electron chi connectivity index (χ0n) is 16.0. The number of amides is 2. The average molecular weight is 447 g/mol. The van der Waals surface area contributed by atoms with Gasteiger partial charge in [0.2, 0.25) is 0 Å². The summed E-state index contributed by atoms with van der Waals surface area (Å²) in [5, 5.41) is 0.732. The Bertz CT molecular complexity index is 998. The highest BCUT2D eigenvalue weighted by Crippen LogP contribution is 2.41. The van der Waals surface area contributed by atoms with Crippen LogP contribution in [0.1, 0.15) is 24.8 Å². The molecule has 4 nitrogen and oxygen atoms in total. The predicted octanol–water partition coefficient (Wildman–Crippen LogP) is 5.66. The van der Waals surface area contributed by atoms with E-state index in [9.17, 15) is 9.59 Å². The Labute approximate surface area is 184 Å². The SMILES string of the molecule is Cc1ccc(SC2=C(N3CCCCC3)C(=O)N(c3ccc(Cl)cc3Cl)C2=O)cc1. The summed E-state index contributed by atoms with van der Waals surface area (Å²) in [5.41, 5.74) is 1.98. The quantitative estimate of drug-likeness (QED) is 0.567. The minimum Gasteiger partial charge on any atom is -0.366 e. The van der Waals surface area contributed by atoms with Gasteiger partial charge < -0.3 is 4.90 Å². The van der Waals surface area contributed by atoms with Crippen molar-refractivity contribution in [3.05, 3.63) is 68.7 Å². The fourth-order valence-electron chi connectivity index (χ4n) is 3.59. The number of nitrogens with zero attached hydrogens (tertiary/aromatic N) is 2. The number of carbonyl (C=O) groups excluding carboxylic acids is 2. The summed E-state index contributed by atoms with van der Waals surface area (Å²) in [6, 6.07) is 12.7. The average Bonchev–Trinajstić information content (AvgIpc) is 2.94. The second-order valence-electron chi connectivity index (χ2n) is 7.18. The Morgan fingerprint density at radius 2 is 1.59 bits per heavy atom. The highest BCUT2D eigenvalue weighted by atomic mass is 35.5. The summed E-state index contributed by atoms with van der Waals surface area (Å²) in [5.74, 6) is -0.666. The lowest BCUT2D eigenvalue weighted by Crippen LogP contribution is -2.37. The number of halogens is 2. The molecule has 0 unspecified atom stereocenters. The van der Waals surface area contributed by atoms with Gasteiger partial charge in [0.1, 0.15) is 10.6 Å². The van der Waals surface area contributed by atoms with Crippen LogP contribution in [-0.2, 0) is 9.59 Å². The lowest BCUT2D eigenvalue weighted by Gasteiger charge is -2.29. The fraction of sp³-hybridized carbons (Fsp3) is 0.273. The van der Waals surface area contributed by atoms with E-state index in [1.807, 2.05) is 36.1 Å². The number of hydrogen-bond donors (Lipinski definition) is 0. The molecule has 29 heavy (non-hydrogen) atoms. The third-order valence-corrected chi connectivity index (χ3v) is 6.70. The van der Waals surface area contributed by atoms with Gasteiger partial charge in [-0.3, -0.25) is 9.59 Å². The van der Waals surface area contributed by atoms with Crippen molar-refractivity contribution in [3.63, 3.8) is 0 Å². The largest absolute Gasteiger partial charge is 0.366 e. The van der Waals surface area contributed by atoms with Gasteiger partial charge in [-0.25, -0.2) is 4.90 Å². The van der Waals surface area contributed by atoms with E-state index in [0.29, 0.717) is 21.3 Å². The maximum absolute atomic E-state index is 13.4. The summed E-state index contributed by atoms with van der Waals surface area (Å²) < 4.78 is 0. The Kier molecular flexibility index (Phi) is 5.91. The van der Waals surface area contributed by atoms with Gasteiger partial charge in [-0.2, -0.15) is 0 Å². The van der Waals surface area contributed by atoms with Gasteiger partial charge in [-0.05, 0) is 56.5 Å². The molecule has 0 bridgehead atoms. The lowest BCUT2D eigenvalue weighted by atomic mass is 10.1. The van der Waals surface area contributed by atoms with Crippen LogP contribution in [0, 0.1) is 6.92 Å². The predicted molar refractivity (Wildman–Crippen MR) is 118 cm³/mol. The number of piperidine rings is 1. The molecule has 0 spiro atoms. The molecule has 0 saturated carbocycles. The molecule has 1 fully saturated rings. The molecule has 2 aromatic carbocycles. The maximum Gasteiger partial charge on any atom is 0.283 e. The highest BCUT2D eigenvalue weighted by Gasteiger charge is 2.43. The molecule has 150 valence electrons. The first kappa shape index (κ1) is 20.3. The minimum absolute atomic E-state index is 0.277. The van der Waals surface area contributed by atoms with Crippen LogP contribution in [0.4, 0.5) is 5.69 Å². The van der Waals surface area contributed by atoms with Gasteiger partial charge >= 0.3 is 0 Å². The van der Waals surface area contributed by atoms with Crippen LogP contribution in [-0.4, -0.2) is 29.8 Å². The van der Waals surface area contributed by atoms with Gasteiger partial charge in [0.25, 0.3) is 11.8 Å². The van der Waals surface area contributed by atoms with E-state index in [1.54, 1.807) is 18.2 Å². The third kappa shape index (κ3) is 4.04. The van der Waals surface area contributed by atoms with Gasteiger partial charge in [0.05, 0.1) is 10.7 Å². The van der Waals surface area contributed by atoms with Crippen LogP contribution in [0.15, 0.2) is 58.0 Å². The Hall–Kier alpha value is -1.95. The van der Waals surface area contributed by atoms with Crippen LogP contribution in [0.3, 0.4) is 0 Å². The van der Waals surface area contributed by atoms with Gasteiger partial charge in [-0.15, -0.1) is 0 Å². The number of rotatable bonds is 4. The zero-order valence-corrected chi connectivity index (χ0v) is 18.3. The molecule has 1 saturated heterocycles. The molecule has 0 aromatic heterocycles. The molecule has 2 heterocycles. The summed E-state index contributed by atoms with van der Waals surface area (Å²) in [6.45, 7) is 3.56. The second-order valence-corrected chi connectivity index (χ2v) is 9.11. The minimum atomic E-state index is -0.342. The van der Waals surface area contributed by atoms with Crippen molar-refractivity contribution in [3.8, 4) is 0 Å². The van der Waals surface area contributed by atoms with E-state index in [4.69, 9.17) is 23.2 Å². The summed E-state index contributed by atoms with van der Waals surface area (Å²) in [6.07, 6.45) is 3.16. The van der Waals surface area contributed by atoms with Gasteiger partial charge in [0.15, 0.2) is 0 Å². The second kappa shape index (κ2) is 8.42. The highest BCUT2D eigenvalue weighted by molar-refractivity contribution is 8.04. The van der Waals surface area contributed by atoms with Crippen molar-refractivity contribution in [2.75, 3.05) is 18.0 Å². The number of anilines is 1. The molecule has 2 aliphatic heterocycles. The number of hydrogen-bond acceptors (Lipinski definition) is 4. The van der Waals surface area contributed by atoms with Crippen LogP contribution in [0.2, 0.25) is 10.0 Å². The number of aryl methyl sites for hydroxylation is 1. The molecule has 2 aromatic rings. The first-order valence-electron chi connectivity index (χ1n) is 9.53. The van der Waals surface area contributed by atoms with E-state index in [0.717, 1.165) is 42.8 Å². The van der Waals surface area contributed by atoms with E-state index in [2.05, 4.69) is 0 Å². The van der Waals surface area contributed by atoms with Gasteiger partial charge in [-0.1, -0.05) is 52.7 Å². The van der Waals surface area contributed by atoms with Crippen molar-refractivity contribution in [1.29, 1.82) is 0 Å². The lowest BCUT2D eigenvalue weighted by molar-refractivity contribution is -0.121. The van der Waals surface area contributed by atoms with E-state index in [-0.39, 0.29) is 16.8 Å². The molecule has 0 atom stereocenters. The molecular weight excluding hydrogens is 427 g/mol. The summed E-state index contributed by atoms with van der Waals surface area (Å²) in [7, 11) is 0. The van der Waals surface area contributed by atoms with Crippen LogP contribution in [0.25, 0.3) is 0 Å². The normalized spacial score (nSPS) is 17.5. The molecular formula is C22H20Cl2N2O2S. The monoisotopic (exact) mass is 446 g/mol. The molecule has 2 amide bonds. The molecule has 4 rings (SSSR count). The Morgan fingerprint density at radius 1 is 0.897 bits per heavy atom. The molecule has 0 aliphatic carbocycles. The number of imide groups is 1. The van der Waals surface area contributed by atoms with Crippen LogP contribution >= 0.6 is 35.0 Å². The van der Waals surface area contributed by atoms with Gasteiger partial charge in [0, 0.05) is 23.0 Å². The smallest absolute Gasteiger partial charge is 0.283 e. The third-order valence-electron chi connectivity index (χ3n) is 5.08.